The van der Waals surface area contributed by atoms with Crippen LogP contribution in [0, 0.1) is 5.92 Å². The van der Waals surface area contributed by atoms with Crippen LogP contribution in [-0.4, -0.2) is 249 Å². The minimum absolute atomic E-state index is 0.251. The molecule has 11 aromatic heterocycles. The van der Waals surface area contributed by atoms with Crippen LogP contribution in [0.5, 0.6) is 0 Å². The van der Waals surface area contributed by atoms with Gasteiger partial charge in [-0.2, -0.15) is 0 Å². The maximum absolute atomic E-state index is 12.4. The number of nitrogens with zero attached hydrogens (tertiary/aromatic N) is 16. The van der Waals surface area contributed by atoms with Crippen molar-refractivity contribution in [1.29, 1.82) is 0 Å². The molecule has 0 atom stereocenters. The van der Waals surface area contributed by atoms with Gasteiger partial charge in [-0.3, -0.25) is 34.6 Å². The standard InChI is InChI=1S/C26H29N5.C24H27N7.C23H26N4O.C21H26N4O.C19H22N4/c1-30-14-16-31(17-15-30)19-8-6-18(7-9-19)28-26-21-5-3-2-4-20(21)25-22-12-13-27-23(22)10-11-24(25)29-26;1-30-10-12-31(13-11-30)24-26-14-16(15-27-24)28-23-18-5-3-2-4-17(18)22-19-8-9-25-20(19)6-7-21(22)29-23;28-23(15-5-6-15)27-13-11-26(12-14-27)22-17-4-2-1-3-16(17)21-18-9-10-24-19(18)7-8-20(21)25-22;26-14-13-24-9-11-25(12-10-24)21-16-4-2-1-3-15(16)20-17-7-8-22-18(17)5-6-19(20)23-21;1-2-4-14-13(3-1)18-15-7-8-21-16(15)5-6-17(18)22-19(14)23-11-9-20-10-12-23/h6-13,28-29H,2-5,14-17H2,1H3;6-9,14-15,28-29H,2-5,10-13H2,1H3;7-10,15,25H,1-6,11-14H2;5-8,23,26H,1-4,9-14H2;5-8,20,22H,1-4,9-12H2. The van der Waals surface area contributed by atoms with E-state index in [2.05, 4.69) is 249 Å². The Morgan fingerprint density at radius 3 is 1.03 bits per heavy atom. The van der Waals surface area contributed by atoms with Crippen LogP contribution in [0.3, 0.4) is 0 Å². The Bertz CT molecular complexity index is 7180. The molecule has 5 saturated heterocycles. The average molecular weight is 1860 g/mol. The van der Waals surface area contributed by atoms with Crippen LogP contribution in [0.4, 0.5) is 52.1 Å². The van der Waals surface area contributed by atoms with E-state index in [4.69, 9.17) is 0 Å². The largest absolute Gasteiger partial charge is 0.395 e. The van der Waals surface area contributed by atoms with Crippen molar-refractivity contribution in [3.63, 3.8) is 0 Å². The van der Waals surface area contributed by atoms with E-state index in [1.54, 1.807) is 11.1 Å². The normalized spacial score (nSPS) is 18.3. The predicted molar refractivity (Wildman–Crippen MR) is 568 cm³/mol. The Hall–Kier alpha value is -13.0. The molecule has 16 heterocycles. The number of rotatable bonds is 12. The molecule has 0 unspecified atom stereocenters. The molecule has 6 fully saturated rings. The number of aromatic amines is 5. The number of piperazine rings is 5. The summed E-state index contributed by atoms with van der Waals surface area (Å²) in [6.45, 7) is 21.5. The number of carbonyl (C=O) groups is 1. The predicted octanol–water partition coefficient (Wildman–Crippen LogP) is 18.3. The van der Waals surface area contributed by atoms with Gasteiger partial charge in [0.05, 0.1) is 52.3 Å². The first-order valence-electron chi connectivity index (χ1n) is 52.0. The van der Waals surface area contributed by atoms with Crippen molar-refractivity contribution in [3.8, 4) is 0 Å². The number of β-amino-alcohol motifs (C(OH)–C–C–N with tert-alkyl or cyclic N) is 1. The number of hydrogen-bond donors (Lipinski definition) is 9. The Morgan fingerprint density at radius 2 is 0.655 bits per heavy atom. The van der Waals surface area contributed by atoms with Gasteiger partial charge < -0.3 is 85.2 Å². The molecule has 28 rings (SSSR count). The number of fused-ring (bicyclic) bond motifs is 25. The summed E-state index contributed by atoms with van der Waals surface area (Å²) in [7, 11) is 4.36. The van der Waals surface area contributed by atoms with Gasteiger partial charge in [0.25, 0.3) is 0 Å². The number of pyridine rings is 5. The maximum Gasteiger partial charge on any atom is 0.225 e. The van der Waals surface area contributed by atoms with Crippen LogP contribution in [0.2, 0.25) is 0 Å². The molecule has 11 aliphatic rings. The lowest BCUT2D eigenvalue weighted by Gasteiger charge is -2.38. The van der Waals surface area contributed by atoms with E-state index in [9.17, 15) is 9.90 Å². The summed E-state index contributed by atoms with van der Waals surface area (Å²) in [6.07, 6.45) is 39.7. The average Bonchev–Trinajstić information content (AvgIpc) is 1.78. The number of benzene rings is 6. The molecule has 0 spiro atoms. The van der Waals surface area contributed by atoms with Gasteiger partial charge in [-0.05, 0) is 326 Å². The minimum atomic E-state index is 0.251. The molecule has 0 bridgehead atoms. The molecule has 6 aromatic carbocycles. The number of hydrogen-bond acceptors (Lipinski definition) is 20. The summed E-state index contributed by atoms with van der Waals surface area (Å²) in [4.78, 5) is 84.4. The lowest BCUT2D eigenvalue weighted by molar-refractivity contribution is -0.132. The second-order valence-electron chi connectivity index (χ2n) is 40.6. The zero-order valence-electron chi connectivity index (χ0n) is 80.7. The van der Waals surface area contributed by atoms with Crippen molar-refractivity contribution in [2.24, 2.45) is 5.92 Å². The number of likely N-dealkylation sites (N-methyl/N-ethyl adjacent to an activating group) is 2. The monoisotopic (exact) mass is 1860 g/mol. The van der Waals surface area contributed by atoms with Crippen molar-refractivity contribution in [2.75, 3.05) is 193 Å². The Morgan fingerprint density at radius 1 is 0.331 bits per heavy atom. The third-order valence-electron chi connectivity index (χ3n) is 32.0. The quantitative estimate of drug-likeness (QED) is 0.0550. The smallest absolute Gasteiger partial charge is 0.225 e. The van der Waals surface area contributed by atoms with Crippen LogP contribution < -0.4 is 40.4 Å². The van der Waals surface area contributed by atoms with E-state index in [1.807, 2.05) is 43.4 Å². The van der Waals surface area contributed by atoms with Crippen molar-refractivity contribution < 1.29 is 9.90 Å². The van der Waals surface area contributed by atoms with E-state index in [1.165, 1.54) is 233 Å². The van der Waals surface area contributed by atoms with E-state index >= 15 is 0 Å². The van der Waals surface area contributed by atoms with Crippen molar-refractivity contribution >= 4 is 167 Å². The molecule has 17 aromatic rings. The first-order valence-corrected chi connectivity index (χ1v) is 52.0. The van der Waals surface area contributed by atoms with Gasteiger partial charge in [0.15, 0.2) is 0 Å². The molecule has 26 heteroatoms. The number of aliphatic hydroxyl groups is 1. The molecule has 1 saturated carbocycles. The number of H-pyrrole nitrogens is 5. The van der Waals surface area contributed by atoms with E-state index in [0.717, 1.165) is 251 Å². The molecule has 6 aliphatic carbocycles. The van der Waals surface area contributed by atoms with Gasteiger partial charge in [-0.25, -0.2) is 9.97 Å². The first-order chi connectivity index (χ1) is 68.6. The summed E-state index contributed by atoms with van der Waals surface area (Å²) < 4.78 is 0. The zero-order valence-corrected chi connectivity index (χ0v) is 80.7. The van der Waals surface area contributed by atoms with Gasteiger partial charge in [0.2, 0.25) is 11.9 Å². The van der Waals surface area contributed by atoms with Gasteiger partial charge in [0, 0.05) is 267 Å². The first kappa shape index (κ1) is 88.7. The summed E-state index contributed by atoms with van der Waals surface area (Å²) in [5, 5.41) is 33.2. The summed E-state index contributed by atoms with van der Waals surface area (Å²) >= 11 is 0. The second kappa shape index (κ2) is 39.0. The minimum Gasteiger partial charge on any atom is -0.395 e. The summed E-state index contributed by atoms with van der Waals surface area (Å²) in [5.74, 6) is 7.73. The summed E-state index contributed by atoms with van der Waals surface area (Å²) in [6, 6.07) is 41.3. The molecule has 5 aliphatic heterocycles. The number of aliphatic hydroxyl groups excluding tert-OH is 1. The highest BCUT2D eigenvalue weighted by Crippen LogP contribution is 2.46. The molecule has 1 amide bonds. The Kier molecular flexibility index (Phi) is 24.9. The lowest BCUT2D eigenvalue weighted by Crippen LogP contribution is -2.49. The highest BCUT2D eigenvalue weighted by molar-refractivity contribution is 6.12. The topological polar surface area (TPSA) is 272 Å². The summed E-state index contributed by atoms with van der Waals surface area (Å²) in [5.41, 5.74) is 29.9. The lowest BCUT2D eigenvalue weighted by atomic mass is 9.88. The fourth-order valence-corrected chi connectivity index (χ4v) is 24.5. The zero-order chi connectivity index (χ0) is 93.0. The number of aromatic nitrogens is 12. The molecular weight excluding hydrogens is 1730 g/mol. The van der Waals surface area contributed by atoms with Gasteiger partial charge in [-0.15, -0.1) is 0 Å². The number of nitrogens with one attached hydrogen (secondary N) is 8. The number of carbonyl (C=O) groups excluding carboxylic acids is 1. The molecular formula is C113H130N24O2. The molecule has 139 heavy (non-hydrogen) atoms. The maximum atomic E-state index is 12.4. The van der Waals surface area contributed by atoms with Gasteiger partial charge in [0.1, 0.15) is 29.1 Å². The van der Waals surface area contributed by atoms with Crippen LogP contribution in [0.1, 0.15) is 133 Å². The molecule has 9 N–H and O–H groups in total. The fraction of sp³-hybridized carbons (Fsp3) is 0.416. The highest BCUT2D eigenvalue weighted by atomic mass is 16.3. The molecule has 714 valence electrons. The van der Waals surface area contributed by atoms with Crippen LogP contribution >= 0.6 is 0 Å². The van der Waals surface area contributed by atoms with E-state index < -0.39 is 0 Å². The van der Waals surface area contributed by atoms with Gasteiger partial charge in [-0.1, -0.05) is 0 Å². The number of aryl methyl sites for hydroxylation is 5. The highest BCUT2D eigenvalue weighted by Gasteiger charge is 2.37. The SMILES string of the molecule is CN1CCN(c2ccc(Nc3[nH]c4ccc5nccc5c4c4c3CCCC4)cc2)CC1.CN1CCN(c2ncc(Nc3[nH]c4ccc5nccc5c4c4c3CCCC4)cn2)CC1.O=C(C1CC1)N1CCN(c2[nH]c3ccc4nccc4c3c3c2CCCC3)CC1.OCCN1CCN(c2[nH]c3ccc4nccc4c3c3c2CCCC3)CC1.c1cc2c(ccc3[nH]c(N4CCNCC4)c4c(c32)CCCC4)n1. The Labute approximate surface area is 811 Å². The van der Waals surface area contributed by atoms with E-state index in [0.29, 0.717) is 11.8 Å². The van der Waals surface area contributed by atoms with Crippen LogP contribution in [0.25, 0.3) is 109 Å². The molecule has 26 nitrogen and oxygen atoms in total. The third kappa shape index (κ3) is 17.7. The third-order valence-corrected chi connectivity index (χ3v) is 32.0. The molecule has 0 radical (unpaired) electrons. The number of amides is 1. The van der Waals surface area contributed by atoms with Crippen molar-refractivity contribution in [1.82, 2.24) is 84.7 Å². The Balaban J connectivity index is 0.0000000948. The fourth-order valence-electron chi connectivity index (χ4n) is 24.5. The van der Waals surface area contributed by atoms with Crippen molar-refractivity contribution in [3.05, 3.63) is 214 Å². The second-order valence-corrected chi connectivity index (χ2v) is 40.6. The van der Waals surface area contributed by atoms with Crippen LogP contribution in [0.15, 0.2) is 159 Å². The van der Waals surface area contributed by atoms with E-state index in [-0.39, 0.29) is 6.61 Å². The van der Waals surface area contributed by atoms with Crippen LogP contribution in [-0.2, 0) is 69.0 Å². The number of anilines is 9. The van der Waals surface area contributed by atoms with Crippen molar-refractivity contribution in [2.45, 2.75) is 141 Å². The van der Waals surface area contributed by atoms with Gasteiger partial charge >= 0.3 is 0 Å².